The van der Waals surface area contributed by atoms with Crippen LogP contribution in [-0.4, -0.2) is 21.0 Å². The molecule has 0 radical (unpaired) electrons. The Morgan fingerprint density at radius 3 is 2.88 bits per heavy atom. The highest BCUT2D eigenvalue weighted by molar-refractivity contribution is 5.91. The molecule has 0 saturated heterocycles. The number of nitrogens with one attached hydrogen (secondary N) is 1. The molecule has 1 aromatic carbocycles. The van der Waals surface area contributed by atoms with E-state index in [0.29, 0.717) is 31.0 Å². The van der Waals surface area contributed by atoms with Crippen molar-refractivity contribution in [2.45, 2.75) is 33.1 Å². The van der Waals surface area contributed by atoms with E-state index in [2.05, 4.69) is 20.4 Å². The number of nitrogens with zero attached hydrogens (tertiary/aromatic N) is 3. The Hall–Kier alpha value is -3.02. The van der Waals surface area contributed by atoms with Gasteiger partial charge < -0.3 is 9.84 Å². The number of anilines is 1. The van der Waals surface area contributed by atoms with Crippen LogP contribution in [0, 0.1) is 13.8 Å². The van der Waals surface area contributed by atoms with Crippen LogP contribution in [0.5, 0.6) is 0 Å². The first kappa shape index (κ1) is 16.8. The van der Waals surface area contributed by atoms with Gasteiger partial charge in [-0.05, 0) is 49.6 Å². The van der Waals surface area contributed by atoms with Crippen molar-refractivity contribution in [1.82, 2.24) is 15.1 Å². The Morgan fingerprint density at radius 1 is 1.20 bits per heavy atom. The summed E-state index contributed by atoms with van der Waals surface area (Å²) in [6.45, 7) is 4.03. The van der Waals surface area contributed by atoms with Gasteiger partial charge in [0.25, 0.3) is 0 Å². The Balaban J connectivity index is 1.50. The van der Waals surface area contributed by atoms with Crippen molar-refractivity contribution < 1.29 is 9.32 Å². The van der Waals surface area contributed by atoms with E-state index in [4.69, 9.17) is 4.52 Å². The number of aryl methyl sites for hydroxylation is 2. The minimum Gasteiger partial charge on any atom is -0.339 e. The topological polar surface area (TPSA) is 80.9 Å². The van der Waals surface area contributed by atoms with Crippen molar-refractivity contribution in [3.63, 3.8) is 0 Å². The maximum atomic E-state index is 12.1. The molecule has 6 heteroatoms. The zero-order valence-corrected chi connectivity index (χ0v) is 14.3. The molecule has 0 aliphatic heterocycles. The first-order valence-corrected chi connectivity index (χ1v) is 8.22. The van der Waals surface area contributed by atoms with E-state index in [1.54, 1.807) is 12.4 Å². The molecule has 128 valence electrons. The fraction of sp³-hybridized carbons (Fsp3) is 0.263. The molecule has 3 aromatic rings. The van der Waals surface area contributed by atoms with Gasteiger partial charge in [-0.25, -0.2) is 0 Å². The molecule has 2 heterocycles. The summed E-state index contributed by atoms with van der Waals surface area (Å²) >= 11 is 0. The summed E-state index contributed by atoms with van der Waals surface area (Å²) in [5, 5.41) is 6.90. The standard InChI is InChI=1S/C19H20N4O2/c1-13-6-3-8-16(14(13)2)21-17(24)9-4-10-18-22-19(23-25-18)15-7-5-11-20-12-15/h3,5-8,11-12H,4,9-10H2,1-2H3,(H,21,24). The Bertz CT molecular complexity index is 859. The van der Waals surface area contributed by atoms with Crippen LogP contribution < -0.4 is 5.32 Å². The number of pyridine rings is 1. The minimum atomic E-state index is -0.0132. The van der Waals surface area contributed by atoms with Gasteiger partial charge in [0.2, 0.25) is 17.6 Å². The molecule has 0 bridgehead atoms. The van der Waals surface area contributed by atoms with Gasteiger partial charge in [0, 0.05) is 36.5 Å². The first-order chi connectivity index (χ1) is 12.1. The average Bonchev–Trinajstić information content (AvgIpc) is 3.09. The van der Waals surface area contributed by atoms with Crippen LogP contribution in [-0.2, 0) is 11.2 Å². The zero-order chi connectivity index (χ0) is 17.6. The van der Waals surface area contributed by atoms with E-state index in [-0.39, 0.29) is 5.91 Å². The second kappa shape index (κ2) is 7.70. The number of benzene rings is 1. The number of rotatable bonds is 6. The average molecular weight is 336 g/mol. The normalized spacial score (nSPS) is 10.6. The predicted molar refractivity (Wildman–Crippen MR) is 95.0 cm³/mol. The molecule has 1 amide bonds. The summed E-state index contributed by atoms with van der Waals surface area (Å²) in [4.78, 5) is 20.5. The molecule has 0 fully saturated rings. The van der Waals surface area contributed by atoms with E-state index in [1.807, 2.05) is 44.2 Å². The Labute approximate surface area is 146 Å². The quantitative estimate of drug-likeness (QED) is 0.742. The third-order valence-corrected chi connectivity index (χ3v) is 4.06. The lowest BCUT2D eigenvalue weighted by molar-refractivity contribution is -0.116. The van der Waals surface area contributed by atoms with Crippen LogP contribution in [0.25, 0.3) is 11.4 Å². The van der Waals surface area contributed by atoms with E-state index in [1.165, 1.54) is 0 Å². The second-order valence-electron chi connectivity index (χ2n) is 5.90. The molecule has 0 aliphatic rings. The lowest BCUT2D eigenvalue weighted by atomic mass is 10.1. The monoisotopic (exact) mass is 336 g/mol. The van der Waals surface area contributed by atoms with Crippen LogP contribution in [0.2, 0.25) is 0 Å². The molecule has 6 nitrogen and oxygen atoms in total. The number of carbonyl (C=O) groups excluding carboxylic acids is 1. The minimum absolute atomic E-state index is 0.0132. The van der Waals surface area contributed by atoms with Crippen molar-refractivity contribution >= 4 is 11.6 Å². The molecule has 0 unspecified atom stereocenters. The van der Waals surface area contributed by atoms with Gasteiger partial charge in [0.15, 0.2) is 0 Å². The molecule has 0 saturated carbocycles. The maximum Gasteiger partial charge on any atom is 0.226 e. The molecule has 2 aromatic heterocycles. The Morgan fingerprint density at radius 2 is 2.08 bits per heavy atom. The lowest BCUT2D eigenvalue weighted by Crippen LogP contribution is -2.12. The number of hydrogen-bond acceptors (Lipinski definition) is 5. The van der Waals surface area contributed by atoms with Crippen molar-refractivity contribution in [2.24, 2.45) is 0 Å². The largest absolute Gasteiger partial charge is 0.339 e. The summed E-state index contributed by atoms with van der Waals surface area (Å²) in [6.07, 6.45) is 4.99. The van der Waals surface area contributed by atoms with Gasteiger partial charge in [-0.2, -0.15) is 4.98 Å². The van der Waals surface area contributed by atoms with Crippen molar-refractivity contribution in [2.75, 3.05) is 5.32 Å². The SMILES string of the molecule is Cc1cccc(NC(=O)CCCc2nc(-c3cccnc3)no2)c1C. The van der Waals surface area contributed by atoms with Gasteiger partial charge in [0.1, 0.15) is 0 Å². The predicted octanol–water partition coefficient (Wildman–Crippen LogP) is 3.71. The summed E-state index contributed by atoms with van der Waals surface area (Å²) in [7, 11) is 0. The molecule has 3 rings (SSSR count). The molecule has 25 heavy (non-hydrogen) atoms. The molecular weight excluding hydrogens is 316 g/mol. The molecule has 0 spiro atoms. The van der Waals surface area contributed by atoms with Crippen LogP contribution in [0.15, 0.2) is 47.2 Å². The summed E-state index contributed by atoms with van der Waals surface area (Å²) in [5.41, 5.74) is 3.92. The van der Waals surface area contributed by atoms with Gasteiger partial charge in [0.05, 0.1) is 0 Å². The third-order valence-electron chi connectivity index (χ3n) is 4.06. The lowest BCUT2D eigenvalue weighted by Gasteiger charge is -2.09. The van der Waals surface area contributed by atoms with E-state index >= 15 is 0 Å². The van der Waals surface area contributed by atoms with Gasteiger partial charge in [-0.3, -0.25) is 9.78 Å². The van der Waals surface area contributed by atoms with Crippen LogP contribution >= 0.6 is 0 Å². The zero-order valence-electron chi connectivity index (χ0n) is 14.3. The highest BCUT2D eigenvalue weighted by Gasteiger charge is 2.10. The van der Waals surface area contributed by atoms with Crippen LogP contribution in [0.4, 0.5) is 5.69 Å². The van der Waals surface area contributed by atoms with Gasteiger partial charge in [-0.15, -0.1) is 0 Å². The van der Waals surface area contributed by atoms with Crippen molar-refractivity contribution in [3.05, 3.63) is 59.7 Å². The fourth-order valence-corrected chi connectivity index (χ4v) is 2.47. The van der Waals surface area contributed by atoms with Crippen molar-refractivity contribution in [1.29, 1.82) is 0 Å². The molecule has 0 atom stereocenters. The molecule has 1 N–H and O–H groups in total. The molecule has 0 aliphatic carbocycles. The van der Waals surface area contributed by atoms with E-state index in [9.17, 15) is 4.79 Å². The van der Waals surface area contributed by atoms with Crippen LogP contribution in [0.1, 0.15) is 29.9 Å². The number of carbonyl (C=O) groups is 1. The highest BCUT2D eigenvalue weighted by Crippen LogP contribution is 2.19. The smallest absolute Gasteiger partial charge is 0.226 e. The van der Waals surface area contributed by atoms with E-state index in [0.717, 1.165) is 22.4 Å². The van der Waals surface area contributed by atoms with Gasteiger partial charge in [-0.1, -0.05) is 17.3 Å². The molecular formula is C19H20N4O2. The van der Waals surface area contributed by atoms with E-state index < -0.39 is 0 Å². The summed E-state index contributed by atoms with van der Waals surface area (Å²) in [5.74, 6) is 1.03. The number of amides is 1. The first-order valence-electron chi connectivity index (χ1n) is 8.22. The highest BCUT2D eigenvalue weighted by atomic mass is 16.5. The summed E-state index contributed by atoms with van der Waals surface area (Å²) in [6, 6.07) is 9.58. The summed E-state index contributed by atoms with van der Waals surface area (Å²) < 4.78 is 5.23. The van der Waals surface area contributed by atoms with Gasteiger partial charge >= 0.3 is 0 Å². The van der Waals surface area contributed by atoms with Crippen molar-refractivity contribution in [3.8, 4) is 11.4 Å². The third kappa shape index (κ3) is 4.29. The number of hydrogen-bond donors (Lipinski definition) is 1. The number of aromatic nitrogens is 3. The van der Waals surface area contributed by atoms with Crippen LogP contribution in [0.3, 0.4) is 0 Å². The maximum absolute atomic E-state index is 12.1. The second-order valence-corrected chi connectivity index (χ2v) is 5.90. The fourth-order valence-electron chi connectivity index (χ4n) is 2.47. The Kier molecular flexibility index (Phi) is 5.18.